The molecule has 0 saturated heterocycles. The Morgan fingerprint density at radius 1 is 1.38 bits per heavy atom. The van der Waals surface area contributed by atoms with Crippen LogP contribution in [0, 0.1) is 0 Å². The molecule has 0 radical (unpaired) electrons. The number of rotatable bonds is 2. The third kappa shape index (κ3) is 2.06. The molecule has 0 bridgehead atoms. The van der Waals surface area contributed by atoms with Crippen molar-refractivity contribution in [2.45, 2.75) is 23.1 Å². The van der Waals surface area contributed by atoms with Crippen molar-refractivity contribution in [3.63, 3.8) is 0 Å². The molecular weight excluding hydrogens is 284 g/mol. The maximum atomic E-state index is 12.5. The Bertz CT molecular complexity index is 858. The minimum Gasteiger partial charge on any atom is -0.297 e. The van der Waals surface area contributed by atoms with Crippen molar-refractivity contribution in [2.24, 2.45) is 7.05 Å². The second-order valence-electron chi connectivity index (χ2n) is 5.26. The van der Waals surface area contributed by atoms with E-state index in [0.29, 0.717) is 22.8 Å². The highest BCUT2D eigenvalue weighted by atomic mass is 32.2. The summed E-state index contributed by atoms with van der Waals surface area (Å²) in [6.07, 6.45) is 4.23. The Hall–Kier alpha value is -2.08. The van der Waals surface area contributed by atoms with Gasteiger partial charge in [-0.15, -0.1) is 11.8 Å². The van der Waals surface area contributed by atoms with Gasteiger partial charge in [0.15, 0.2) is 5.65 Å². The lowest BCUT2D eigenvalue weighted by atomic mass is 10.1. The highest BCUT2D eigenvalue weighted by Crippen LogP contribution is 2.37. The third-order valence-corrected chi connectivity index (χ3v) is 5.13. The summed E-state index contributed by atoms with van der Waals surface area (Å²) in [7, 11) is 1.79. The van der Waals surface area contributed by atoms with Crippen molar-refractivity contribution < 1.29 is 0 Å². The first kappa shape index (κ1) is 12.6. The van der Waals surface area contributed by atoms with Crippen LogP contribution in [-0.4, -0.2) is 24.6 Å². The molecule has 2 aromatic heterocycles. The minimum atomic E-state index is -0.00958. The zero-order valence-electron chi connectivity index (χ0n) is 11.6. The summed E-state index contributed by atoms with van der Waals surface area (Å²) in [4.78, 5) is 18.1. The van der Waals surface area contributed by atoms with Crippen molar-refractivity contribution >= 4 is 22.8 Å². The summed E-state index contributed by atoms with van der Waals surface area (Å²) < 4.78 is 3.33. The van der Waals surface area contributed by atoms with Gasteiger partial charge in [0, 0.05) is 23.7 Å². The van der Waals surface area contributed by atoms with Gasteiger partial charge in [0.1, 0.15) is 11.7 Å². The molecule has 5 nitrogen and oxygen atoms in total. The van der Waals surface area contributed by atoms with E-state index in [2.05, 4.69) is 34.3 Å². The summed E-state index contributed by atoms with van der Waals surface area (Å²) in [5, 5.41) is 5.07. The van der Waals surface area contributed by atoms with Gasteiger partial charge in [0.05, 0.1) is 6.20 Å². The van der Waals surface area contributed by atoms with Gasteiger partial charge in [-0.25, -0.2) is 4.98 Å². The second kappa shape index (κ2) is 4.73. The second-order valence-corrected chi connectivity index (χ2v) is 6.60. The Morgan fingerprint density at radius 2 is 2.24 bits per heavy atom. The number of fused-ring (bicyclic) bond motifs is 2. The predicted molar refractivity (Wildman–Crippen MR) is 82.6 cm³/mol. The molecule has 4 rings (SSSR count). The average molecular weight is 298 g/mol. The molecular formula is C15H14N4OS. The maximum Gasteiger partial charge on any atom is 0.264 e. The molecule has 0 amide bonds. The molecule has 1 atom stereocenters. The number of thioether (sulfide) groups is 1. The van der Waals surface area contributed by atoms with Crippen LogP contribution in [0.5, 0.6) is 0 Å². The number of nitrogens with zero attached hydrogens (tertiary/aromatic N) is 4. The minimum absolute atomic E-state index is 0.00958. The molecule has 0 fully saturated rings. The van der Waals surface area contributed by atoms with Gasteiger partial charge in [-0.1, -0.05) is 18.2 Å². The van der Waals surface area contributed by atoms with Crippen molar-refractivity contribution in [2.75, 3.05) is 0 Å². The zero-order valence-corrected chi connectivity index (χ0v) is 12.4. The van der Waals surface area contributed by atoms with Crippen LogP contribution >= 0.6 is 11.8 Å². The molecule has 3 heterocycles. The van der Waals surface area contributed by atoms with Crippen LogP contribution in [0.4, 0.5) is 0 Å². The molecule has 1 unspecified atom stereocenters. The quantitative estimate of drug-likeness (QED) is 0.724. The standard InChI is InChI=1S/C15H14N4OS/c1-18-14-12(7-17-18)15(20)19(9-16-14)8-11-6-10-4-2-3-5-13(10)21-11/h2-5,7,9,11H,6,8H2,1H3. The van der Waals surface area contributed by atoms with E-state index in [1.807, 2.05) is 11.8 Å². The molecule has 106 valence electrons. The fourth-order valence-electron chi connectivity index (χ4n) is 2.77. The highest BCUT2D eigenvalue weighted by molar-refractivity contribution is 8.00. The van der Waals surface area contributed by atoms with E-state index in [-0.39, 0.29) is 5.56 Å². The first-order valence-corrected chi connectivity index (χ1v) is 7.72. The molecule has 1 aromatic carbocycles. The molecule has 1 aliphatic heterocycles. The van der Waals surface area contributed by atoms with Gasteiger partial charge >= 0.3 is 0 Å². The first-order chi connectivity index (χ1) is 10.2. The first-order valence-electron chi connectivity index (χ1n) is 6.84. The Morgan fingerprint density at radius 3 is 3.10 bits per heavy atom. The predicted octanol–water partition coefficient (Wildman–Crippen LogP) is 1.85. The number of benzene rings is 1. The molecule has 0 aliphatic carbocycles. The lowest BCUT2D eigenvalue weighted by Gasteiger charge is -2.10. The van der Waals surface area contributed by atoms with E-state index in [1.54, 1.807) is 28.8 Å². The van der Waals surface area contributed by atoms with Crippen LogP contribution in [-0.2, 0) is 20.0 Å². The molecule has 6 heteroatoms. The lowest BCUT2D eigenvalue weighted by Crippen LogP contribution is -2.25. The van der Waals surface area contributed by atoms with Crippen LogP contribution in [0.25, 0.3) is 11.0 Å². The van der Waals surface area contributed by atoms with Gasteiger partial charge in [-0.3, -0.25) is 14.0 Å². The van der Waals surface area contributed by atoms with Gasteiger partial charge in [-0.05, 0) is 18.1 Å². The van der Waals surface area contributed by atoms with E-state index in [1.165, 1.54) is 10.5 Å². The third-order valence-electron chi connectivity index (χ3n) is 3.83. The Labute approximate surface area is 125 Å². The van der Waals surface area contributed by atoms with Crippen LogP contribution in [0.1, 0.15) is 5.56 Å². The van der Waals surface area contributed by atoms with Gasteiger partial charge in [-0.2, -0.15) is 5.10 Å². The summed E-state index contributed by atoms with van der Waals surface area (Å²) in [6.45, 7) is 0.677. The van der Waals surface area contributed by atoms with Crippen LogP contribution < -0.4 is 5.56 Å². The molecule has 0 saturated carbocycles. The van der Waals surface area contributed by atoms with E-state index in [9.17, 15) is 4.79 Å². The average Bonchev–Trinajstić information content (AvgIpc) is 3.06. The number of hydrogen-bond donors (Lipinski definition) is 0. The van der Waals surface area contributed by atoms with Gasteiger partial charge in [0.2, 0.25) is 0 Å². The summed E-state index contributed by atoms with van der Waals surface area (Å²) >= 11 is 1.84. The SMILES string of the molecule is Cn1ncc2c(=O)n(CC3Cc4ccccc4S3)cnc21. The van der Waals surface area contributed by atoms with Crippen LogP contribution in [0.15, 0.2) is 46.5 Å². The topological polar surface area (TPSA) is 52.7 Å². The van der Waals surface area contributed by atoms with E-state index in [0.717, 1.165) is 6.42 Å². The van der Waals surface area contributed by atoms with Gasteiger partial charge < -0.3 is 0 Å². The van der Waals surface area contributed by atoms with Crippen molar-refractivity contribution in [3.05, 3.63) is 52.7 Å². The van der Waals surface area contributed by atoms with Crippen molar-refractivity contribution in [1.82, 2.24) is 19.3 Å². The summed E-state index contributed by atoms with van der Waals surface area (Å²) in [6, 6.07) is 8.43. The van der Waals surface area contributed by atoms with E-state index < -0.39 is 0 Å². The van der Waals surface area contributed by atoms with E-state index in [4.69, 9.17) is 0 Å². The molecule has 1 aliphatic rings. The molecule has 21 heavy (non-hydrogen) atoms. The summed E-state index contributed by atoms with van der Waals surface area (Å²) in [5.41, 5.74) is 2.00. The van der Waals surface area contributed by atoms with Crippen molar-refractivity contribution in [3.8, 4) is 0 Å². The zero-order chi connectivity index (χ0) is 14.4. The maximum absolute atomic E-state index is 12.5. The lowest BCUT2D eigenvalue weighted by molar-refractivity contribution is 0.634. The van der Waals surface area contributed by atoms with E-state index >= 15 is 0 Å². The summed E-state index contributed by atoms with van der Waals surface area (Å²) in [5.74, 6) is 0. The van der Waals surface area contributed by atoms with Crippen molar-refractivity contribution in [1.29, 1.82) is 0 Å². The molecule has 0 N–H and O–H groups in total. The Balaban J connectivity index is 1.64. The largest absolute Gasteiger partial charge is 0.297 e. The van der Waals surface area contributed by atoms with Crippen LogP contribution in [0.2, 0.25) is 0 Å². The fourth-order valence-corrected chi connectivity index (χ4v) is 4.09. The Kier molecular flexibility index (Phi) is 2.85. The van der Waals surface area contributed by atoms with Gasteiger partial charge in [0.25, 0.3) is 5.56 Å². The smallest absolute Gasteiger partial charge is 0.264 e. The normalized spacial score (nSPS) is 17.3. The molecule has 0 spiro atoms. The number of aromatic nitrogens is 4. The monoisotopic (exact) mass is 298 g/mol. The fraction of sp³-hybridized carbons (Fsp3) is 0.267. The molecule has 3 aromatic rings. The number of aryl methyl sites for hydroxylation is 1. The van der Waals surface area contributed by atoms with Crippen LogP contribution in [0.3, 0.4) is 0 Å². The number of hydrogen-bond acceptors (Lipinski definition) is 4. The highest BCUT2D eigenvalue weighted by Gasteiger charge is 2.22.